The largest absolute Gasteiger partial charge is 0.463 e. The van der Waals surface area contributed by atoms with E-state index in [0.29, 0.717) is 0 Å². The topological polar surface area (TPSA) is 22.2 Å². The first-order chi connectivity index (χ1) is 51.8. The van der Waals surface area contributed by atoms with Crippen LogP contribution in [0.25, 0.3) is 44.5 Å². The molecule has 0 spiro atoms. The monoisotopic (exact) mass is 1380 g/mol. The van der Waals surface area contributed by atoms with Crippen LogP contribution in [0.15, 0.2) is 367 Å². The van der Waals surface area contributed by atoms with E-state index in [1.54, 1.807) is 0 Å². The van der Waals surface area contributed by atoms with Gasteiger partial charge in [0.25, 0.3) is 0 Å². The molecule has 106 heavy (non-hydrogen) atoms. The maximum Gasteiger partial charge on any atom is 0.249 e. The molecule has 5 nitrogen and oxygen atoms in total. The van der Waals surface area contributed by atoms with Gasteiger partial charge in [0.1, 0.15) is 11.5 Å². The minimum Gasteiger partial charge on any atom is -0.463 e. The van der Waals surface area contributed by atoms with Crippen molar-refractivity contribution in [2.45, 2.75) is 86.5 Å². The van der Waals surface area contributed by atoms with Crippen LogP contribution in [0.2, 0.25) is 5.82 Å². The van der Waals surface area contributed by atoms with E-state index in [0.717, 1.165) is 91.1 Å². The first-order valence-electron chi connectivity index (χ1n) is 37.5. The summed E-state index contributed by atoms with van der Waals surface area (Å²) in [6.07, 6.45) is 15.1. The van der Waals surface area contributed by atoms with Crippen LogP contribution in [0.1, 0.15) is 59.1 Å². The van der Waals surface area contributed by atoms with E-state index in [2.05, 4.69) is 407 Å². The summed E-state index contributed by atoms with van der Waals surface area (Å²) in [6.45, 7) is 13.7. The summed E-state index contributed by atoms with van der Waals surface area (Å²) in [5, 5.41) is 0. The maximum absolute atomic E-state index is 7.68. The summed E-state index contributed by atoms with van der Waals surface area (Å²) in [5.41, 5.74) is 29.6. The lowest BCUT2D eigenvalue weighted by molar-refractivity contribution is 0.385. The van der Waals surface area contributed by atoms with Crippen molar-refractivity contribution in [2.75, 3.05) is 19.6 Å². The highest BCUT2D eigenvalue weighted by Crippen LogP contribution is 2.55. The molecule has 2 aliphatic carbocycles. The highest BCUT2D eigenvalue weighted by molar-refractivity contribution is 8.00. The summed E-state index contributed by atoms with van der Waals surface area (Å²) >= 11 is 1.94. The van der Waals surface area contributed by atoms with Crippen molar-refractivity contribution in [1.82, 2.24) is 0 Å². The third kappa shape index (κ3) is 11.4. The summed E-state index contributed by atoms with van der Waals surface area (Å²) in [6, 6.07) is 116. The van der Waals surface area contributed by atoms with Crippen LogP contribution in [-0.2, 0) is 10.8 Å². The summed E-state index contributed by atoms with van der Waals surface area (Å²) in [4.78, 5) is 12.9. The van der Waals surface area contributed by atoms with E-state index >= 15 is 0 Å². The fourth-order valence-electron chi connectivity index (χ4n) is 17.5. The Balaban J connectivity index is 0.894. The number of para-hydroxylation sites is 5. The van der Waals surface area contributed by atoms with Gasteiger partial charge in [-0.2, -0.15) is 0 Å². The Morgan fingerprint density at radius 1 is 0.406 bits per heavy atom. The number of allylic oxidation sites excluding steroid dienone is 3. The number of hydrogen-bond acceptors (Lipinski definition) is 6. The molecule has 0 fully saturated rings. The van der Waals surface area contributed by atoms with Gasteiger partial charge in [-0.15, -0.1) is 0 Å². The minimum absolute atomic E-state index is 0.0442. The SMILES string of the molecule is CC(C)(C)c1ccc(-c2cccc(-c3ccc(C(C)(C)C)cc3)c2N2c3cc4c(cc3B3c5ccccc5OC5=CC(N(c6ccc(-c7ccccc7)cc6)c6ccc(-c7ccccc7)cc6)=CC2C35)B2c3ccccc3N(C3C=CC=CC3)c3cc(N(c5ccccc5)c5ccccc5)cc(c32)S4)cc1. The molecular weight excluding hydrogens is 1300 g/mol. The normalized spacial score (nSPS) is 16.5. The lowest BCUT2D eigenvalue weighted by Gasteiger charge is -2.51. The average molecular weight is 1380 g/mol. The molecule has 0 amide bonds. The van der Waals surface area contributed by atoms with E-state index in [1.807, 2.05) is 11.8 Å². The Bertz CT molecular complexity index is 5470. The van der Waals surface area contributed by atoms with Gasteiger partial charge in [0.05, 0.1) is 17.8 Å². The van der Waals surface area contributed by atoms with Gasteiger partial charge in [-0.1, -0.05) is 319 Å². The van der Waals surface area contributed by atoms with E-state index < -0.39 is 0 Å². The van der Waals surface area contributed by atoms with Gasteiger partial charge in [0.2, 0.25) is 13.4 Å². The van der Waals surface area contributed by atoms with Gasteiger partial charge < -0.3 is 24.3 Å². The van der Waals surface area contributed by atoms with Crippen LogP contribution in [0.5, 0.6) is 5.75 Å². The first-order valence-corrected chi connectivity index (χ1v) is 38.3. The molecule has 0 aromatic heterocycles. The summed E-state index contributed by atoms with van der Waals surface area (Å²) in [5.74, 6) is 1.66. The second-order valence-corrected chi connectivity index (χ2v) is 32.2. The van der Waals surface area contributed by atoms with Crippen molar-refractivity contribution in [3.8, 4) is 50.3 Å². The molecule has 0 saturated heterocycles. The Kier molecular flexibility index (Phi) is 16.1. The lowest BCUT2D eigenvalue weighted by atomic mass is 9.28. The zero-order chi connectivity index (χ0) is 71.4. The quantitative estimate of drug-likeness (QED) is 0.113. The molecule has 3 atom stereocenters. The summed E-state index contributed by atoms with van der Waals surface area (Å²) in [7, 11) is 0. The molecule has 0 radical (unpaired) electrons. The Hall–Kier alpha value is -11.7. The number of benzene rings is 13. The second kappa shape index (κ2) is 26.2. The third-order valence-corrected chi connectivity index (χ3v) is 23.7. The van der Waals surface area contributed by atoms with Crippen LogP contribution < -0.4 is 51.7 Å². The van der Waals surface area contributed by atoms with E-state index in [9.17, 15) is 0 Å². The lowest BCUT2D eigenvalue weighted by Crippen LogP contribution is -2.65. The van der Waals surface area contributed by atoms with Crippen molar-refractivity contribution >= 4 is 104 Å². The molecule has 4 aliphatic heterocycles. The Morgan fingerprint density at radius 2 is 0.925 bits per heavy atom. The zero-order valence-corrected chi connectivity index (χ0v) is 61.4. The molecule has 13 aromatic carbocycles. The fraction of sp³-hybridized carbons (Fsp3) is 0.122. The number of hydrogen-bond donors (Lipinski definition) is 0. The van der Waals surface area contributed by atoms with Crippen LogP contribution in [-0.4, -0.2) is 25.5 Å². The van der Waals surface area contributed by atoms with Gasteiger partial charge in [0, 0.05) is 77.9 Å². The predicted octanol–water partition coefficient (Wildman–Crippen LogP) is 22.2. The Morgan fingerprint density at radius 3 is 1.49 bits per heavy atom. The molecule has 0 N–H and O–H groups in total. The molecule has 4 heterocycles. The average Bonchev–Trinajstić information content (AvgIpc) is 0.689. The van der Waals surface area contributed by atoms with Gasteiger partial charge in [-0.3, -0.25) is 0 Å². The van der Waals surface area contributed by atoms with Crippen molar-refractivity contribution < 1.29 is 4.74 Å². The molecule has 3 unspecified atom stereocenters. The van der Waals surface area contributed by atoms with E-state index in [4.69, 9.17) is 4.74 Å². The standard InChI is InChI=1S/C98H80B2N4OS/c1-97(2,3)71-51-43-69(44-52-71)80-37-26-38-81(70-45-53-72(54-46-70)98(4,5)6)96(80)104-87-64-92-85(99-82-39-22-24-41-86(82)103(75-35-20-11-21-36-75)89-60-79(62-93(106-92)95(89)99)101(73-31-16-9-17-32-73)74-33-18-10-19-34-74)63-84(87)100-83-40-23-25-42-90(83)105-91-61-78(59-88(104)94(91)100)102(76-55-47-67(48-56-76)65-27-12-7-13-28-65)77-57-49-68(50-58-77)66-29-14-8-15-30-66/h7-35,37-64,75,88,94H,36H2,1-6H3. The van der Waals surface area contributed by atoms with Crippen LogP contribution in [0, 0.1) is 0 Å². The minimum atomic E-state index is -0.304. The van der Waals surface area contributed by atoms with Crippen LogP contribution in [0.4, 0.5) is 51.2 Å². The van der Waals surface area contributed by atoms with Crippen molar-refractivity contribution in [2.24, 2.45) is 0 Å². The third-order valence-electron chi connectivity index (χ3n) is 22.6. The van der Waals surface area contributed by atoms with Crippen molar-refractivity contribution in [1.29, 1.82) is 0 Å². The molecular formula is C98H80B2N4OS. The number of anilines is 9. The first kappa shape index (κ1) is 65.1. The molecule has 13 aromatic rings. The molecule has 0 saturated carbocycles. The number of rotatable bonds is 12. The number of nitrogens with zero attached hydrogens (tertiary/aromatic N) is 4. The van der Waals surface area contributed by atoms with Gasteiger partial charge in [0.15, 0.2) is 0 Å². The predicted molar refractivity (Wildman–Crippen MR) is 450 cm³/mol. The molecule has 8 heteroatoms. The highest BCUT2D eigenvalue weighted by Gasteiger charge is 2.54. The highest BCUT2D eigenvalue weighted by atomic mass is 32.2. The zero-order valence-electron chi connectivity index (χ0n) is 60.6. The van der Waals surface area contributed by atoms with Gasteiger partial charge in [-0.25, -0.2) is 0 Å². The van der Waals surface area contributed by atoms with Crippen molar-refractivity contribution in [3.63, 3.8) is 0 Å². The van der Waals surface area contributed by atoms with Gasteiger partial charge >= 0.3 is 0 Å². The Labute approximate surface area is 629 Å². The molecule has 19 rings (SSSR count). The van der Waals surface area contributed by atoms with Crippen molar-refractivity contribution in [3.05, 3.63) is 368 Å². The number of fused-ring (bicyclic) bond motifs is 8. The molecule has 510 valence electrons. The van der Waals surface area contributed by atoms with Crippen LogP contribution in [0.3, 0.4) is 0 Å². The summed E-state index contributed by atoms with van der Waals surface area (Å²) < 4.78 is 7.68. The smallest absolute Gasteiger partial charge is 0.249 e. The van der Waals surface area contributed by atoms with E-state index in [1.165, 1.54) is 76.4 Å². The molecule has 6 aliphatic rings. The van der Waals surface area contributed by atoms with E-state index in [-0.39, 0.29) is 42.2 Å². The van der Waals surface area contributed by atoms with Crippen LogP contribution >= 0.6 is 11.8 Å². The fourth-order valence-corrected chi connectivity index (χ4v) is 18.7. The second-order valence-electron chi connectivity index (χ2n) is 31.1. The number of ether oxygens (including phenoxy) is 1. The molecule has 0 bridgehead atoms. The van der Waals surface area contributed by atoms with Gasteiger partial charge in [-0.05, 0) is 169 Å². The maximum atomic E-state index is 7.68.